The Hall–Kier alpha value is -0.450. The summed E-state index contributed by atoms with van der Waals surface area (Å²) < 4.78 is 6.00. The second-order valence-electron chi connectivity index (χ2n) is 3.21. The van der Waals surface area contributed by atoms with Crippen LogP contribution < -0.4 is 5.73 Å². The Morgan fingerprint density at radius 3 is 2.92 bits per heavy atom. The number of rotatable bonds is 3. The van der Waals surface area contributed by atoms with E-state index >= 15 is 0 Å². The first-order chi connectivity index (χ1) is 6.06. The molecular weight excluding hydrogens is 232 g/mol. The summed E-state index contributed by atoms with van der Waals surface area (Å²) in [6.07, 6.45) is 1.72. The van der Waals surface area contributed by atoms with Crippen molar-refractivity contribution < 1.29 is 4.74 Å². The molecule has 0 saturated carbocycles. The standard InChI is InChI=1S/C9H13BrN2O/c1-9(11,6-13-2)8-5-7(10)3-4-12-8/h3-5H,6,11H2,1-2H3. The molecule has 1 heterocycles. The average Bonchev–Trinajstić information content (AvgIpc) is 2.04. The van der Waals surface area contributed by atoms with Crippen LogP contribution in [0.25, 0.3) is 0 Å². The fourth-order valence-corrected chi connectivity index (χ4v) is 1.43. The molecule has 0 aromatic carbocycles. The summed E-state index contributed by atoms with van der Waals surface area (Å²) in [5.74, 6) is 0. The quantitative estimate of drug-likeness (QED) is 0.881. The van der Waals surface area contributed by atoms with Gasteiger partial charge < -0.3 is 10.5 Å². The highest BCUT2D eigenvalue weighted by molar-refractivity contribution is 9.10. The summed E-state index contributed by atoms with van der Waals surface area (Å²) >= 11 is 3.37. The zero-order chi connectivity index (χ0) is 9.90. The van der Waals surface area contributed by atoms with Gasteiger partial charge in [0.1, 0.15) is 0 Å². The van der Waals surface area contributed by atoms with Gasteiger partial charge in [-0.1, -0.05) is 15.9 Å². The van der Waals surface area contributed by atoms with Crippen LogP contribution in [0.2, 0.25) is 0 Å². The molecule has 1 aromatic rings. The molecule has 0 radical (unpaired) electrons. The van der Waals surface area contributed by atoms with E-state index in [0.717, 1.165) is 10.2 Å². The van der Waals surface area contributed by atoms with Crippen LogP contribution in [0, 0.1) is 0 Å². The smallest absolute Gasteiger partial charge is 0.0792 e. The minimum Gasteiger partial charge on any atom is -0.382 e. The van der Waals surface area contributed by atoms with Crippen molar-refractivity contribution in [1.82, 2.24) is 4.98 Å². The van der Waals surface area contributed by atoms with Crippen LogP contribution in [0.4, 0.5) is 0 Å². The third kappa shape index (κ3) is 2.76. The van der Waals surface area contributed by atoms with E-state index in [1.54, 1.807) is 13.3 Å². The largest absolute Gasteiger partial charge is 0.382 e. The van der Waals surface area contributed by atoms with Gasteiger partial charge in [-0.05, 0) is 19.1 Å². The third-order valence-electron chi connectivity index (χ3n) is 1.75. The van der Waals surface area contributed by atoms with Crippen molar-refractivity contribution in [2.45, 2.75) is 12.5 Å². The van der Waals surface area contributed by atoms with E-state index in [4.69, 9.17) is 10.5 Å². The second-order valence-corrected chi connectivity index (χ2v) is 4.13. The number of nitrogens with two attached hydrogens (primary N) is 1. The molecule has 72 valence electrons. The molecule has 0 fully saturated rings. The van der Waals surface area contributed by atoms with Crippen LogP contribution in [0.1, 0.15) is 12.6 Å². The van der Waals surface area contributed by atoms with Crippen molar-refractivity contribution in [3.63, 3.8) is 0 Å². The summed E-state index contributed by atoms with van der Waals surface area (Å²) in [6.45, 7) is 2.35. The number of hydrogen-bond donors (Lipinski definition) is 1. The van der Waals surface area contributed by atoms with E-state index < -0.39 is 5.54 Å². The number of pyridine rings is 1. The minimum atomic E-state index is -0.529. The van der Waals surface area contributed by atoms with Crippen molar-refractivity contribution in [3.05, 3.63) is 28.5 Å². The van der Waals surface area contributed by atoms with Crippen molar-refractivity contribution in [2.24, 2.45) is 5.73 Å². The van der Waals surface area contributed by atoms with E-state index in [9.17, 15) is 0 Å². The molecule has 1 aromatic heterocycles. The molecule has 1 rings (SSSR count). The molecule has 0 bridgehead atoms. The van der Waals surface area contributed by atoms with Crippen LogP contribution in [0.5, 0.6) is 0 Å². The summed E-state index contributed by atoms with van der Waals surface area (Å²) in [4.78, 5) is 4.19. The maximum Gasteiger partial charge on any atom is 0.0792 e. The predicted molar refractivity (Wildman–Crippen MR) is 55.4 cm³/mol. The first-order valence-electron chi connectivity index (χ1n) is 3.96. The monoisotopic (exact) mass is 244 g/mol. The lowest BCUT2D eigenvalue weighted by molar-refractivity contribution is 0.139. The summed E-state index contributed by atoms with van der Waals surface area (Å²) in [5.41, 5.74) is 6.30. The zero-order valence-corrected chi connectivity index (χ0v) is 9.34. The number of aromatic nitrogens is 1. The van der Waals surface area contributed by atoms with Crippen molar-refractivity contribution >= 4 is 15.9 Å². The van der Waals surface area contributed by atoms with Crippen LogP contribution in [-0.2, 0) is 10.3 Å². The molecule has 0 aliphatic heterocycles. The van der Waals surface area contributed by atoms with Crippen LogP contribution in [0.15, 0.2) is 22.8 Å². The molecule has 0 aliphatic rings. The molecule has 0 amide bonds. The highest BCUT2D eigenvalue weighted by atomic mass is 79.9. The van der Waals surface area contributed by atoms with E-state index in [1.807, 2.05) is 19.1 Å². The van der Waals surface area contributed by atoms with Gasteiger partial charge in [0.15, 0.2) is 0 Å². The average molecular weight is 245 g/mol. The van der Waals surface area contributed by atoms with E-state index in [2.05, 4.69) is 20.9 Å². The van der Waals surface area contributed by atoms with Crippen LogP contribution in [0.3, 0.4) is 0 Å². The van der Waals surface area contributed by atoms with E-state index in [-0.39, 0.29) is 0 Å². The summed E-state index contributed by atoms with van der Waals surface area (Å²) in [7, 11) is 1.63. The Bertz CT molecular complexity index is 289. The minimum absolute atomic E-state index is 0.455. The van der Waals surface area contributed by atoms with Gasteiger partial charge in [0.2, 0.25) is 0 Å². The van der Waals surface area contributed by atoms with Gasteiger partial charge in [0.25, 0.3) is 0 Å². The van der Waals surface area contributed by atoms with E-state index in [0.29, 0.717) is 6.61 Å². The predicted octanol–water partition coefficient (Wildman–Crippen LogP) is 1.66. The third-order valence-corrected chi connectivity index (χ3v) is 2.24. The topological polar surface area (TPSA) is 48.1 Å². The number of halogens is 1. The number of nitrogens with zero attached hydrogens (tertiary/aromatic N) is 1. The highest BCUT2D eigenvalue weighted by Gasteiger charge is 2.22. The Morgan fingerprint density at radius 1 is 1.69 bits per heavy atom. The molecule has 0 saturated heterocycles. The zero-order valence-electron chi connectivity index (χ0n) is 7.75. The lowest BCUT2D eigenvalue weighted by Crippen LogP contribution is -2.38. The molecule has 3 nitrogen and oxygen atoms in total. The van der Waals surface area contributed by atoms with Crippen LogP contribution in [-0.4, -0.2) is 18.7 Å². The normalized spacial score (nSPS) is 15.4. The highest BCUT2D eigenvalue weighted by Crippen LogP contribution is 2.18. The molecular formula is C9H13BrN2O. The lowest BCUT2D eigenvalue weighted by atomic mass is 10.00. The molecule has 2 N–H and O–H groups in total. The Balaban J connectivity index is 2.93. The van der Waals surface area contributed by atoms with Gasteiger partial charge in [0, 0.05) is 17.8 Å². The van der Waals surface area contributed by atoms with Crippen molar-refractivity contribution in [3.8, 4) is 0 Å². The summed E-state index contributed by atoms with van der Waals surface area (Å²) in [5, 5.41) is 0. The molecule has 1 unspecified atom stereocenters. The molecule has 1 atom stereocenters. The van der Waals surface area contributed by atoms with Gasteiger partial charge in [-0.25, -0.2) is 0 Å². The maximum atomic E-state index is 6.01. The van der Waals surface area contributed by atoms with Gasteiger partial charge in [0.05, 0.1) is 17.8 Å². The van der Waals surface area contributed by atoms with Crippen molar-refractivity contribution in [1.29, 1.82) is 0 Å². The SMILES string of the molecule is COCC(C)(N)c1cc(Br)ccn1. The molecule has 13 heavy (non-hydrogen) atoms. The number of ether oxygens (including phenoxy) is 1. The summed E-state index contributed by atoms with van der Waals surface area (Å²) in [6, 6.07) is 3.77. The van der Waals surface area contributed by atoms with Crippen molar-refractivity contribution in [2.75, 3.05) is 13.7 Å². The van der Waals surface area contributed by atoms with Crippen LogP contribution >= 0.6 is 15.9 Å². The number of hydrogen-bond acceptors (Lipinski definition) is 3. The van der Waals surface area contributed by atoms with Gasteiger partial charge >= 0.3 is 0 Å². The fraction of sp³-hybridized carbons (Fsp3) is 0.444. The lowest BCUT2D eigenvalue weighted by Gasteiger charge is -2.22. The Morgan fingerprint density at radius 2 is 2.38 bits per heavy atom. The van der Waals surface area contributed by atoms with E-state index in [1.165, 1.54) is 0 Å². The number of methoxy groups -OCH3 is 1. The fourth-order valence-electron chi connectivity index (χ4n) is 1.09. The second kappa shape index (κ2) is 4.17. The molecule has 4 heteroatoms. The Labute approximate surface area is 86.4 Å². The Kier molecular flexibility index (Phi) is 3.41. The van der Waals surface area contributed by atoms with Gasteiger partial charge in [-0.2, -0.15) is 0 Å². The maximum absolute atomic E-state index is 6.01. The first kappa shape index (κ1) is 10.6. The van der Waals surface area contributed by atoms with Gasteiger partial charge in [-0.15, -0.1) is 0 Å². The van der Waals surface area contributed by atoms with Gasteiger partial charge in [-0.3, -0.25) is 4.98 Å². The molecule has 0 spiro atoms. The first-order valence-corrected chi connectivity index (χ1v) is 4.75. The molecule has 0 aliphatic carbocycles.